The Hall–Kier alpha value is -4.99. The molecule has 1 heterocycles. The van der Waals surface area contributed by atoms with Gasteiger partial charge < -0.3 is 10.1 Å². The monoisotopic (exact) mass is 541 g/mol. The second-order valence-electron chi connectivity index (χ2n) is 10.1. The van der Waals surface area contributed by atoms with E-state index in [0.29, 0.717) is 41.0 Å². The van der Waals surface area contributed by atoms with E-state index in [4.69, 9.17) is 16.1 Å². The van der Waals surface area contributed by atoms with Crippen LogP contribution in [-0.2, 0) is 21.5 Å². The van der Waals surface area contributed by atoms with Crippen LogP contribution in [0, 0.1) is 12.3 Å². The number of hydrogen-bond acceptors (Lipinski definition) is 4. The lowest BCUT2D eigenvalue weighted by molar-refractivity contribution is -0.122. The molecule has 1 aromatic heterocycles. The number of carbonyl (C=O) groups is 1. The molecule has 0 aliphatic heterocycles. The Bertz CT molecular complexity index is 1770. The van der Waals surface area contributed by atoms with E-state index in [1.807, 2.05) is 61.5 Å². The van der Waals surface area contributed by atoms with E-state index in [0.717, 1.165) is 16.7 Å². The van der Waals surface area contributed by atoms with E-state index >= 15 is 0 Å². The van der Waals surface area contributed by atoms with Crippen LogP contribution >= 0.6 is 0 Å². The van der Waals surface area contributed by atoms with Gasteiger partial charge in [-0.3, -0.25) is 14.2 Å². The molecule has 1 unspecified atom stereocenters. The number of fused-ring (bicyclic) bond motifs is 1. The lowest BCUT2D eigenvalue weighted by Crippen LogP contribution is -2.48. The Labute approximate surface area is 239 Å². The van der Waals surface area contributed by atoms with Gasteiger partial charge in [0, 0.05) is 25.7 Å². The topological polar surface area (TPSA) is 73.2 Å². The summed E-state index contributed by atoms with van der Waals surface area (Å²) in [6.45, 7) is 2.23. The van der Waals surface area contributed by atoms with Crippen molar-refractivity contribution < 1.29 is 9.53 Å². The van der Waals surface area contributed by atoms with Gasteiger partial charge in [-0.25, -0.2) is 4.98 Å². The molecule has 0 bridgehead atoms. The Morgan fingerprint density at radius 3 is 2.27 bits per heavy atom. The van der Waals surface area contributed by atoms with Crippen molar-refractivity contribution in [1.82, 2.24) is 14.9 Å². The van der Waals surface area contributed by atoms with Gasteiger partial charge in [0.2, 0.25) is 5.91 Å². The summed E-state index contributed by atoms with van der Waals surface area (Å²) in [6, 6.07) is 32.4. The highest BCUT2D eigenvalue weighted by atomic mass is 16.5. The van der Waals surface area contributed by atoms with Crippen molar-refractivity contribution >= 4 is 16.8 Å². The highest BCUT2D eigenvalue weighted by Gasteiger charge is 2.34. The molecular formula is C35H31N3O3. The number of para-hydroxylation sites is 1. The smallest absolute Gasteiger partial charge is 0.266 e. The second-order valence-corrected chi connectivity index (χ2v) is 10.1. The van der Waals surface area contributed by atoms with Crippen LogP contribution < -0.4 is 10.9 Å². The minimum Gasteiger partial charge on any atom is -0.385 e. The largest absolute Gasteiger partial charge is 0.385 e. The minimum absolute atomic E-state index is 0.173. The number of benzene rings is 4. The summed E-state index contributed by atoms with van der Waals surface area (Å²) in [4.78, 5) is 32.3. The Kier molecular flexibility index (Phi) is 8.09. The maximum atomic E-state index is 13.9. The maximum absolute atomic E-state index is 13.9. The quantitative estimate of drug-likeness (QED) is 0.245. The molecular weight excluding hydrogens is 510 g/mol. The normalized spacial score (nSPS) is 12.4. The van der Waals surface area contributed by atoms with Crippen molar-refractivity contribution in [3.05, 3.63) is 130 Å². The molecule has 0 saturated carbocycles. The van der Waals surface area contributed by atoms with E-state index in [1.165, 1.54) is 0 Å². The third-order valence-electron chi connectivity index (χ3n) is 7.21. The lowest BCUT2D eigenvalue weighted by atomic mass is 9.94. The van der Waals surface area contributed by atoms with Gasteiger partial charge in [-0.1, -0.05) is 72.7 Å². The van der Waals surface area contributed by atoms with E-state index in [9.17, 15) is 9.59 Å². The van der Waals surface area contributed by atoms with Gasteiger partial charge in [0.15, 0.2) is 0 Å². The SMILES string of the molecule is C#Cc1ccc(-n2c(C(C)(CCOC)NC(=O)Cc3ccc(-c4ccccc4)cc3)nc3ccccc3c2=O)cc1. The summed E-state index contributed by atoms with van der Waals surface area (Å²) in [5, 5.41) is 3.67. The summed E-state index contributed by atoms with van der Waals surface area (Å²) in [5.41, 5.74) is 3.69. The third kappa shape index (κ3) is 5.96. The Morgan fingerprint density at radius 2 is 1.59 bits per heavy atom. The average molecular weight is 542 g/mol. The van der Waals surface area contributed by atoms with Crippen molar-refractivity contribution in [3.63, 3.8) is 0 Å². The van der Waals surface area contributed by atoms with Crippen LogP contribution in [0.1, 0.15) is 30.3 Å². The number of nitrogens with one attached hydrogen (secondary N) is 1. The molecule has 6 heteroatoms. The van der Waals surface area contributed by atoms with E-state index in [-0.39, 0.29) is 17.9 Å². The zero-order chi connectivity index (χ0) is 28.8. The molecule has 1 atom stereocenters. The summed E-state index contributed by atoms with van der Waals surface area (Å²) in [5.74, 6) is 2.84. The van der Waals surface area contributed by atoms with Crippen LogP contribution in [0.3, 0.4) is 0 Å². The van der Waals surface area contributed by atoms with Gasteiger partial charge in [0.05, 0.1) is 28.6 Å². The number of carbonyl (C=O) groups excluding carboxylic acids is 1. The van der Waals surface area contributed by atoms with E-state index in [2.05, 4.69) is 23.4 Å². The number of hydrogen-bond donors (Lipinski definition) is 1. The number of aromatic nitrogens is 2. The zero-order valence-electron chi connectivity index (χ0n) is 23.1. The van der Waals surface area contributed by atoms with Crippen molar-refractivity contribution in [3.8, 4) is 29.2 Å². The number of nitrogens with zero attached hydrogens (tertiary/aromatic N) is 2. The van der Waals surface area contributed by atoms with Crippen LogP contribution in [0.2, 0.25) is 0 Å². The Morgan fingerprint density at radius 1 is 0.927 bits per heavy atom. The van der Waals surface area contributed by atoms with Crippen molar-refractivity contribution in [1.29, 1.82) is 0 Å². The molecule has 0 saturated heterocycles. The number of rotatable bonds is 9. The minimum atomic E-state index is -1.02. The summed E-state index contributed by atoms with van der Waals surface area (Å²) >= 11 is 0. The van der Waals surface area contributed by atoms with Crippen LogP contribution in [-0.4, -0.2) is 29.2 Å². The molecule has 0 aliphatic carbocycles. The standard InChI is InChI=1S/C35H31N3O3/c1-4-25-16-20-29(21-17-25)38-33(40)30-12-8-9-13-31(30)36-34(38)35(2,22-23-41-3)37-32(39)24-26-14-18-28(19-15-26)27-10-6-5-7-11-27/h1,5-21H,22-24H2,2-3H3,(H,37,39). The number of methoxy groups -OCH3 is 1. The van der Waals surface area contributed by atoms with E-state index in [1.54, 1.807) is 48.1 Å². The molecule has 5 rings (SSSR count). The van der Waals surface area contributed by atoms with Crippen LogP contribution in [0.4, 0.5) is 0 Å². The van der Waals surface area contributed by atoms with Gasteiger partial charge >= 0.3 is 0 Å². The number of terminal acetylenes is 1. The lowest BCUT2D eigenvalue weighted by Gasteiger charge is -2.32. The number of amides is 1. The van der Waals surface area contributed by atoms with Crippen molar-refractivity contribution in [2.24, 2.45) is 0 Å². The van der Waals surface area contributed by atoms with Gasteiger partial charge in [-0.2, -0.15) is 0 Å². The first-order chi connectivity index (χ1) is 19.9. The van der Waals surface area contributed by atoms with Crippen molar-refractivity contribution in [2.75, 3.05) is 13.7 Å². The van der Waals surface area contributed by atoms with Gasteiger partial charge in [-0.05, 0) is 60.0 Å². The molecule has 41 heavy (non-hydrogen) atoms. The van der Waals surface area contributed by atoms with Crippen LogP contribution in [0.15, 0.2) is 108 Å². The molecule has 5 aromatic rings. The molecule has 0 radical (unpaired) electrons. The predicted octanol–water partition coefficient (Wildman–Crippen LogP) is 5.64. The van der Waals surface area contributed by atoms with Crippen LogP contribution in [0.25, 0.3) is 27.7 Å². The first kappa shape index (κ1) is 27.6. The number of ether oxygens (including phenoxy) is 1. The molecule has 0 fully saturated rings. The first-order valence-electron chi connectivity index (χ1n) is 13.5. The summed E-state index contributed by atoms with van der Waals surface area (Å²) in [7, 11) is 1.61. The fourth-order valence-electron chi connectivity index (χ4n) is 4.97. The van der Waals surface area contributed by atoms with E-state index < -0.39 is 5.54 Å². The fourth-order valence-corrected chi connectivity index (χ4v) is 4.97. The highest BCUT2D eigenvalue weighted by Crippen LogP contribution is 2.27. The molecule has 0 aliphatic rings. The van der Waals surface area contributed by atoms with Gasteiger partial charge in [0.1, 0.15) is 5.82 Å². The van der Waals surface area contributed by atoms with Crippen molar-refractivity contribution in [2.45, 2.75) is 25.3 Å². The molecule has 4 aromatic carbocycles. The zero-order valence-corrected chi connectivity index (χ0v) is 23.1. The average Bonchev–Trinajstić information content (AvgIpc) is 3.01. The van der Waals surface area contributed by atoms with Gasteiger partial charge in [-0.15, -0.1) is 6.42 Å². The third-order valence-corrected chi connectivity index (χ3v) is 7.21. The maximum Gasteiger partial charge on any atom is 0.266 e. The molecule has 204 valence electrons. The molecule has 0 spiro atoms. The van der Waals surface area contributed by atoms with Gasteiger partial charge in [0.25, 0.3) is 5.56 Å². The molecule has 6 nitrogen and oxygen atoms in total. The summed E-state index contributed by atoms with van der Waals surface area (Å²) < 4.78 is 6.98. The van der Waals surface area contributed by atoms with Crippen LogP contribution in [0.5, 0.6) is 0 Å². The summed E-state index contributed by atoms with van der Waals surface area (Å²) in [6.07, 6.45) is 6.13. The highest BCUT2D eigenvalue weighted by molar-refractivity contribution is 5.81. The predicted molar refractivity (Wildman–Crippen MR) is 163 cm³/mol. The molecule has 1 amide bonds. The first-order valence-corrected chi connectivity index (χ1v) is 13.5. The second kappa shape index (κ2) is 12.0. The Balaban J connectivity index is 1.52. The fraction of sp³-hybridized carbons (Fsp3) is 0.171. The molecule has 1 N–H and O–H groups in total.